The number of amides is 1. The molecule has 2 heterocycles. The van der Waals surface area contributed by atoms with Gasteiger partial charge in [0.05, 0.1) is 5.92 Å². The van der Waals surface area contributed by atoms with Crippen molar-refractivity contribution in [1.29, 1.82) is 0 Å². The molecule has 1 aliphatic rings. The molecule has 0 unspecified atom stereocenters. The van der Waals surface area contributed by atoms with Crippen molar-refractivity contribution in [1.82, 2.24) is 4.98 Å². The molecule has 4 nitrogen and oxygen atoms in total. The number of anilines is 1. The molecular formula is C12H16FN3O. The zero-order valence-corrected chi connectivity index (χ0v) is 9.77. The van der Waals surface area contributed by atoms with E-state index >= 15 is 0 Å². The molecule has 1 aromatic rings. The topological polar surface area (TPSA) is 59.2 Å². The Morgan fingerprint density at radius 1 is 1.59 bits per heavy atom. The van der Waals surface area contributed by atoms with Crippen molar-refractivity contribution in [2.24, 2.45) is 11.7 Å². The number of rotatable bonds is 2. The molecule has 1 aromatic heterocycles. The van der Waals surface area contributed by atoms with Crippen LogP contribution < -0.4 is 10.6 Å². The van der Waals surface area contributed by atoms with E-state index in [1.54, 1.807) is 12.3 Å². The van der Waals surface area contributed by atoms with Gasteiger partial charge in [-0.1, -0.05) is 0 Å². The second kappa shape index (κ2) is 4.69. The molecule has 2 atom stereocenters. The Morgan fingerprint density at radius 2 is 2.35 bits per heavy atom. The molecule has 2 rings (SSSR count). The summed E-state index contributed by atoms with van der Waals surface area (Å²) < 4.78 is 13.7. The second-order valence-corrected chi connectivity index (χ2v) is 4.49. The van der Waals surface area contributed by atoms with Crippen LogP contribution in [-0.2, 0) is 4.79 Å². The first-order valence-electron chi connectivity index (χ1n) is 5.76. The van der Waals surface area contributed by atoms with Crippen LogP contribution in [0.25, 0.3) is 0 Å². The number of pyridine rings is 1. The maximum Gasteiger partial charge on any atom is 0.222 e. The molecule has 17 heavy (non-hydrogen) atoms. The summed E-state index contributed by atoms with van der Waals surface area (Å²) >= 11 is 0. The van der Waals surface area contributed by atoms with E-state index in [4.69, 9.17) is 5.73 Å². The summed E-state index contributed by atoms with van der Waals surface area (Å²) in [4.78, 5) is 17.1. The van der Waals surface area contributed by atoms with Crippen LogP contribution in [0.15, 0.2) is 18.3 Å². The van der Waals surface area contributed by atoms with Gasteiger partial charge >= 0.3 is 0 Å². The summed E-state index contributed by atoms with van der Waals surface area (Å²) in [5.41, 5.74) is 5.31. The minimum Gasteiger partial charge on any atom is -0.369 e. The Labute approximate surface area is 99.6 Å². The summed E-state index contributed by atoms with van der Waals surface area (Å²) in [6.45, 7) is 2.45. The van der Waals surface area contributed by atoms with Crippen LogP contribution in [0.4, 0.5) is 10.2 Å². The van der Waals surface area contributed by atoms with E-state index in [0.29, 0.717) is 12.4 Å². The fraction of sp³-hybridized carbons (Fsp3) is 0.500. The van der Waals surface area contributed by atoms with Gasteiger partial charge < -0.3 is 10.6 Å². The maximum absolute atomic E-state index is 13.7. The number of nitrogens with zero attached hydrogens (tertiary/aromatic N) is 2. The molecule has 0 spiro atoms. The van der Waals surface area contributed by atoms with Crippen molar-refractivity contribution in [2.45, 2.75) is 25.8 Å². The zero-order chi connectivity index (χ0) is 12.4. The Bertz CT molecular complexity index is 424. The summed E-state index contributed by atoms with van der Waals surface area (Å²) in [6.07, 6.45) is 3.14. The standard InChI is InChI=1S/C12H16FN3O/c1-8-4-5-9(11(14)17)7-16(8)12-10(13)3-2-6-15-12/h2-3,6,8-9H,4-5,7H2,1H3,(H2,14,17)/t8-,9+/m1/s1. The molecule has 92 valence electrons. The van der Waals surface area contributed by atoms with E-state index in [1.807, 2.05) is 11.8 Å². The fourth-order valence-electron chi connectivity index (χ4n) is 2.22. The van der Waals surface area contributed by atoms with Gasteiger partial charge in [-0.3, -0.25) is 4.79 Å². The largest absolute Gasteiger partial charge is 0.369 e. The highest BCUT2D eigenvalue weighted by molar-refractivity contribution is 5.77. The number of nitrogens with two attached hydrogens (primary N) is 1. The third-order valence-corrected chi connectivity index (χ3v) is 3.30. The SMILES string of the molecule is C[C@@H]1CC[C@H](C(N)=O)CN1c1ncccc1F. The van der Waals surface area contributed by atoms with E-state index in [1.165, 1.54) is 6.07 Å². The number of hydrogen-bond donors (Lipinski definition) is 1. The lowest BCUT2D eigenvalue weighted by molar-refractivity contribution is -0.122. The second-order valence-electron chi connectivity index (χ2n) is 4.49. The highest BCUT2D eigenvalue weighted by Crippen LogP contribution is 2.27. The van der Waals surface area contributed by atoms with Crippen LogP contribution in [0.2, 0.25) is 0 Å². The quantitative estimate of drug-likeness (QED) is 0.843. The Kier molecular flexibility index (Phi) is 3.26. The van der Waals surface area contributed by atoms with E-state index < -0.39 is 0 Å². The van der Waals surface area contributed by atoms with Gasteiger partial charge in [0.15, 0.2) is 11.6 Å². The Hall–Kier alpha value is -1.65. The molecule has 1 saturated heterocycles. The monoisotopic (exact) mass is 237 g/mol. The number of primary amides is 1. The maximum atomic E-state index is 13.7. The predicted molar refractivity (Wildman–Crippen MR) is 62.9 cm³/mol. The number of carbonyl (C=O) groups excluding carboxylic acids is 1. The van der Waals surface area contributed by atoms with E-state index in [9.17, 15) is 9.18 Å². The molecule has 2 N–H and O–H groups in total. The van der Waals surface area contributed by atoms with Gasteiger partial charge in [-0.05, 0) is 31.9 Å². The van der Waals surface area contributed by atoms with Crippen molar-refractivity contribution in [3.05, 3.63) is 24.1 Å². The van der Waals surface area contributed by atoms with Gasteiger partial charge in [0.2, 0.25) is 5.91 Å². The fourth-order valence-corrected chi connectivity index (χ4v) is 2.22. The highest BCUT2D eigenvalue weighted by atomic mass is 19.1. The van der Waals surface area contributed by atoms with Crippen LogP contribution >= 0.6 is 0 Å². The smallest absolute Gasteiger partial charge is 0.222 e. The normalized spacial score (nSPS) is 24.7. The van der Waals surface area contributed by atoms with Crippen molar-refractivity contribution in [2.75, 3.05) is 11.4 Å². The van der Waals surface area contributed by atoms with Crippen molar-refractivity contribution < 1.29 is 9.18 Å². The predicted octanol–water partition coefficient (Wildman–Crippen LogP) is 1.31. The molecule has 5 heteroatoms. The van der Waals surface area contributed by atoms with Gasteiger partial charge in [0, 0.05) is 18.8 Å². The third kappa shape index (κ3) is 2.38. The number of aromatic nitrogens is 1. The Balaban J connectivity index is 2.24. The van der Waals surface area contributed by atoms with E-state index in [0.717, 1.165) is 12.8 Å². The molecule has 0 aliphatic carbocycles. The highest BCUT2D eigenvalue weighted by Gasteiger charge is 2.30. The third-order valence-electron chi connectivity index (χ3n) is 3.30. The van der Waals surface area contributed by atoms with Crippen LogP contribution in [0, 0.1) is 11.7 Å². The minimum atomic E-state index is -0.357. The van der Waals surface area contributed by atoms with Gasteiger partial charge in [0.25, 0.3) is 0 Å². The number of piperidine rings is 1. The molecule has 1 amide bonds. The first kappa shape index (κ1) is 11.8. The average molecular weight is 237 g/mol. The number of carbonyl (C=O) groups is 1. The first-order valence-corrected chi connectivity index (χ1v) is 5.76. The lowest BCUT2D eigenvalue weighted by atomic mass is 9.93. The molecule has 0 aromatic carbocycles. The van der Waals surface area contributed by atoms with Crippen LogP contribution in [-0.4, -0.2) is 23.5 Å². The summed E-state index contributed by atoms with van der Waals surface area (Å²) in [5, 5.41) is 0. The van der Waals surface area contributed by atoms with Crippen molar-refractivity contribution in [3.63, 3.8) is 0 Å². The van der Waals surface area contributed by atoms with Gasteiger partial charge in [-0.15, -0.1) is 0 Å². The summed E-state index contributed by atoms with van der Waals surface area (Å²) in [5.74, 6) is -0.582. The number of halogens is 1. The molecule has 0 saturated carbocycles. The lowest BCUT2D eigenvalue weighted by Gasteiger charge is -2.37. The van der Waals surface area contributed by atoms with Crippen LogP contribution in [0.5, 0.6) is 0 Å². The molecular weight excluding hydrogens is 221 g/mol. The van der Waals surface area contributed by atoms with Crippen molar-refractivity contribution >= 4 is 11.7 Å². The number of hydrogen-bond acceptors (Lipinski definition) is 3. The summed E-state index contributed by atoms with van der Waals surface area (Å²) in [7, 11) is 0. The Morgan fingerprint density at radius 3 is 3.00 bits per heavy atom. The molecule has 1 fully saturated rings. The first-order chi connectivity index (χ1) is 8.09. The van der Waals surface area contributed by atoms with Crippen LogP contribution in [0.3, 0.4) is 0 Å². The van der Waals surface area contributed by atoms with Gasteiger partial charge in [0.1, 0.15) is 0 Å². The molecule has 1 aliphatic heterocycles. The van der Waals surface area contributed by atoms with Crippen molar-refractivity contribution in [3.8, 4) is 0 Å². The minimum absolute atomic E-state index is 0.176. The van der Waals surface area contributed by atoms with E-state index in [2.05, 4.69) is 4.98 Å². The van der Waals surface area contributed by atoms with Crippen LogP contribution in [0.1, 0.15) is 19.8 Å². The zero-order valence-electron chi connectivity index (χ0n) is 9.77. The molecule has 0 radical (unpaired) electrons. The summed E-state index contributed by atoms with van der Waals surface area (Å²) in [6, 6.07) is 3.11. The van der Waals surface area contributed by atoms with Gasteiger partial charge in [-0.25, -0.2) is 9.37 Å². The van der Waals surface area contributed by atoms with E-state index in [-0.39, 0.29) is 23.7 Å². The molecule has 0 bridgehead atoms. The van der Waals surface area contributed by atoms with Gasteiger partial charge in [-0.2, -0.15) is 0 Å². The average Bonchev–Trinajstić information content (AvgIpc) is 2.30. The lowest BCUT2D eigenvalue weighted by Crippen LogP contribution is -2.46.